The fourth-order valence-corrected chi connectivity index (χ4v) is 2.88. The van der Waals surface area contributed by atoms with Crippen molar-refractivity contribution >= 4 is 17.3 Å². The molecule has 0 aliphatic heterocycles. The number of imidazole rings is 1. The number of aromatic nitrogens is 2. The van der Waals surface area contributed by atoms with E-state index in [1.165, 1.54) is 5.57 Å². The first-order valence-electron chi connectivity index (χ1n) is 8.05. The van der Waals surface area contributed by atoms with Crippen LogP contribution in [0.2, 0.25) is 0 Å². The van der Waals surface area contributed by atoms with Crippen LogP contribution in [0, 0.1) is 0 Å². The summed E-state index contributed by atoms with van der Waals surface area (Å²) < 4.78 is 7.42. The molecule has 1 amide bonds. The fourth-order valence-electron chi connectivity index (χ4n) is 2.88. The molecule has 2 aromatic heterocycles. The lowest BCUT2D eigenvalue weighted by molar-refractivity contribution is 0.0511. The van der Waals surface area contributed by atoms with Crippen molar-refractivity contribution in [2.24, 2.45) is 0 Å². The smallest absolute Gasteiger partial charge is 0.408 e. The standard InChI is InChI=1S/C18H23N3O2/c1-18(2,3)23-17(22)20-14-8-6-7-13(11-14)15-12-19-16-9-4-5-10-21(15)16/h4-5,9-12,14H,6-8H2,1-3H3,(H,20,22). The van der Waals surface area contributed by atoms with Crippen LogP contribution in [0.5, 0.6) is 0 Å². The number of amides is 1. The third-order valence-electron chi connectivity index (χ3n) is 3.81. The molecule has 3 rings (SSSR count). The third kappa shape index (κ3) is 3.73. The van der Waals surface area contributed by atoms with Crippen LogP contribution in [0.15, 0.2) is 36.7 Å². The van der Waals surface area contributed by atoms with Gasteiger partial charge in [-0.15, -0.1) is 0 Å². The van der Waals surface area contributed by atoms with Crippen LogP contribution in [0.4, 0.5) is 4.79 Å². The highest BCUT2D eigenvalue weighted by atomic mass is 16.6. The van der Waals surface area contributed by atoms with Gasteiger partial charge in [0.05, 0.1) is 17.9 Å². The first-order valence-corrected chi connectivity index (χ1v) is 8.05. The van der Waals surface area contributed by atoms with Gasteiger partial charge >= 0.3 is 6.09 Å². The molecule has 0 aromatic carbocycles. The number of carbonyl (C=O) groups is 1. The summed E-state index contributed by atoms with van der Waals surface area (Å²) in [4.78, 5) is 16.4. The van der Waals surface area contributed by atoms with E-state index in [4.69, 9.17) is 4.74 Å². The van der Waals surface area contributed by atoms with Gasteiger partial charge in [-0.2, -0.15) is 0 Å². The monoisotopic (exact) mass is 313 g/mol. The summed E-state index contributed by atoms with van der Waals surface area (Å²) >= 11 is 0. The van der Waals surface area contributed by atoms with E-state index in [-0.39, 0.29) is 12.1 Å². The highest BCUT2D eigenvalue weighted by molar-refractivity contribution is 5.71. The van der Waals surface area contributed by atoms with Crippen molar-refractivity contribution in [2.75, 3.05) is 0 Å². The van der Waals surface area contributed by atoms with Crippen LogP contribution in [-0.2, 0) is 4.74 Å². The normalized spacial score (nSPS) is 18.6. The van der Waals surface area contributed by atoms with Gasteiger partial charge in [-0.1, -0.05) is 12.1 Å². The average molecular weight is 313 g/mol. The summed E-state index contributed by atoms with van der Waals surface area (Å²) in [5, 5.41) is 2.95. The first kappa shape index (κ1) is 15.6. The number of rotatable bonds is 2. The van der Waals surface area contributed by atoms with Gasteiger partial charge in [-0.05, 0) is 57.7 Å². The van der Waals surface area contributed by atoms with Gasteiger partial charge in [0.15, 0.2) is 0 Å². The molecule has 5 heteroatoms. The minimum atomic E-state index is -0.479. The molecule has 0 bridgehead atoms. The number of nitrogens with one attached hydrogen (secondary N) is 1. The maximum Gasteiger partial charge on any atom is 0.408 e. The number of nitrogens with zero attached hydrogens (tertiary/aromatic N) is 2. The van der Waals surface area contributed by atoms with E-state index in [0.717, 1.165) is 30.6 Å². The number of carbonyl (C=O) groups excluding carboxylic acids is 1. The Morgan fingerprint density at radius 1 is 1.39 bits per heavy atom. The minimum absolute atomic E-state index is 0.00265. The molecule has 0 fully saturated rings. The Labute approximate surface area is 136 Å². The summed E-state index contributed by atoms with van der Waals surface area (Å²) in [5.41, 5.74) is 2.77. The van der Waals surface area contributed by atoms with Crippen molar-refractivity contribution in [1.29, 1.82) is 0 Å². The van der Waals surface area contributed by atoms with Gasteiger partial charge in [-0.3, -0.25) is 0 Å². The van der Waals surface area contributed by atoms with E-state index >= 15 is 0 Å². The summed E-state index contributed by atoms with van der Waals surface area (Å²) in [6.07, 6.45) is 8.64. The molecule has 2 aromatic rings. The lowest BCUT2D eigenvalue weighted by atomic mass is 9.94. The SMILES string of the molecule is CC(C)(C)OC(=O)NC1C=C(c2cnc3ccccn23)CCC1. The molecule has 0 spiro atoms. The van der Waals surface area contributed by atoms with E-state index in [1.807, 2.05) is 51.4 Å². The van der Waals surface area contributed by atoms with E-state index in [9.17, 15) is 4.79 Å². The molecule has 2 heterocycles. The lowest BCUT2D eigenvalue weighted by Crippen LogP contribution is -2.39. The van der Waals surface area contributed by atoms with Crippen LogP contribution < -0.4 is 5.32 Å². The Morgan fingerprint density at radius 2 is 2.22 bits per heavy atom. The van der Waals surface area contributed by atoms with E-state index < -0.39 is 5.60 Å². The quantitative estimate of drug-likeness (QED) is 0.917. The number of pyridine rings is 1. The first-order chi connectivity index (χ1) is 10.9. The van der Waals surface area contributed by atoms with Gasteiger partial charge in [0.2, 0.25) is 0 Å². The number of allylic oxidation sites excluding steroid dienone is 1. The number of ether oxygens (including phenoxy) is 1. The van der Waals surface area contributed by atoms with Crippen LogP contribution in [0.25, 0.3) is 11.2 Å². The maximum atomic E-state index is 12.0. The number of hydrogen-bond acceptors (Lipinski definition) is 3. The van der Waals surface area contributed by atoms with Gasteiger partial charge in [0.1, 0.15) is 11.2 Å². The molecule has 5 nitrogen and oxygen atoms in total. The van der Waals surface area contributed by atoms with Crippen LogP contribution >= 0.6 is 0 Å². The number of alkyl carbamates (subject to hydrolysis) is 1. The van der Waals surface area contributed by atoms with Crippen molar-refractivity contribution in [1.82, 2.24) is 14.7 Å². The Bertz CT molecular complexity index is 740. The van der Waals surface area contributed by atoms with Crippen LogP contribution in [0.1, 0.15) is 45.7 Å². The molecule has 1 atom stereocenters. The summed E-state index contributed by atoms with van der Waals surface area (Å²) in [6, 6.07) is 5.97. The molecule has 0 radical (unpaired) electrons. The van der Waals surface area contributed by atoms with Crippen molar-refractivity contribution in [3.05, 3.63) is 42.4 Å². The average Bonchev–Trinajstić information content (AvgIpc) is 2.89. The van der Waals surface area contributed by atoms with Crippen LogP contribution in [-0.4, -0.2) is 27.1 Å². The van der Waals surface area contributed by atoms with Gasteiger partial charge in [0.25, 0.3) is 0 Å². The molecule has 23 heavy (non-hydrogen) atoms. The molecule has 1 aliphatic carbocycles. The zero-order valence-corrected chi connectivity index (χ0v) is 13.9. The van der Waals surface area contributed by atoms with E-state index in [1.54, 1.807) is 0 Å². The number of fused-ring (bicyclic) bond motifs is 1. The Morgan fingerprint density at radius 3 is 3.00 bits per heavy atom. The second-order valence-electron chi connectivity index (χ2n) is 6.91. The minimum Gasteiger partial charge on any atom is -0.444 e. The van der Waals surface area contributed by atoms with Gasteiger partial charge < -0.3 is 14.5 Å². The molecule has 1 unspecified atom stereocenters. The second kappa shape index (κ2) is 6.07. The Balaban J connectivity index is 1.78. The predicted octanol–water partition coefficient (Wildman–Crippen LogP) is 3.79. The molecule has 0 saturated heterocycles. The fraction of sp³-hybridized carbons (Fsp3) is 0.444. The zero-order valence-electron chi connectivity index (χ0n) is 13.9. The van der Waals surface area contributed by atoms with Crippen molar-refractivity contribution in [3.8, 4) is 0 Å². The molecule has 0 saturated carbocycles. The van der Waals surface area contributed by atoms with Crippen LogP contribution in [0.3, 0.4) is 0 Å². The van der Waals surface area contributed by atoms with E-state index in [2.05, 4.69) is 20.8 Å². The molecular weight excluding hydrogens is 290 g/mol. The third-order valence-corrected chi connectivity index (χ3v) is 3.81. The molecule has 1 N–H and O–H groups in total. The largest absolute Gasteiger partial charge is 0.444 e. The molecule has 122 valence electrons. The van der Waals surface area contributed by atoms with Crippen molar-refractivity contribution in [3.63, 3.8) is 0 Å². The highest BCUT2D eigenvalue weighted by Gasteiger charge is 2.22. The highest BCUT2D eigenvalue weighted by Crippen LogP contribution is 2.27. The maximum absolute atomic E-state index is 12.0. The summed E-state index contributed by atoms with van der Waals surface area (Å²) in [6.45, 7) is 5.60. The molecule has 1 aliphatic rings. The summed E-state index contributed by atoms with van der Waals surface area (Å²) in [5.74, 6) is 0. The van der Waals surface area contributed by atoms with E-state index in [0.29, 0.717) is 0 Å². The number of hydrogen-bond donors (Lipinski definition) is 1. The molecular formula is C18H23N3O2. The zero-order chi connectivity index (χ0) is 16.4. The predicted molar refractivity (Wildman–Crippen MR) is 90.2 cm³/mol. The van der Waals surface area contributed by atoms with Gasteiger partial charge in [-0.25, -0.2) is 9.78 Å². The second-order valence-corrected chi connectivity index (χ2v) is 6.91. The van der Waals surface area contributed by atoms with Gasteiger partial charge in [0, 0.05) is 6.20 Å². The Hall–Kier alpha value is -2.30. The summed E-state index contributed by atoms with van der Waals surface area (Å²) in [7, 11) is 0. The Kier molecular flexibility index (Phi) is 4.11. The van der Waals surface area contributed by atoms with Crippen molar-refractivity contribution < 1.29 is 9.53 Å². The lowest BCUT2D eigenvalue weighted by Gasteiger charge is -2.25. The van der Waals surface area contributed by atoms with Crippen molar-refractivity contribution in [2.45, 2.75) is 51.7 Å². The topological polar surface area (TPSA) is 55.6 Å².